The van der Waals surface area contributed by atoms with Gasteiger partial charge in [0.1, 0.15) is 0 Å². The molecule has 106 valence electrons. The van der Waals surface area contributed by atoms with Crippen LogP contribution in [0.25, 0.3) is 0 Å². The molecule has 0 bridgehead atoms. The van der Waals surface area contributed by atoms with Crippen LogP contribution in [0.2, 0.25) is 5.02 Å². The molecule has 0 spiro atoms. The molecule has 0 saturated carbocycles. The van der Waals surface area contributed by atoms with Gasteiger partial charge < -0.3 is 10.5 Å². The van der Waals surface area contributed by atoms with Gasteiger partial charge in [-0.05, 0) is 56.2 Å². The van der Waals surface area contributed by atoms with Crippen LogP contribution in [0.3, 0.4) is 0 Å². The molecule has 1 aromatic carbocycles. The number of benzene rings is 1. The van der Waals surface area contributed by atoms with Gasteiger partial charge in [0, 0.05) is 11.6 Å². The zero-order chi connectivity index (χ0) is 13.5. The largest absolute Gasteiger partial charge is 0.378 e. The Balaban J connectivity index is 1.75. The maximum atomic E-state index is 6.20. The number of halogens is 1. The van der Waals surface area contributed by atoms with E-state index in [1.165, 1.54) is 37.7 Å². The van der Waals surface area contributed by atoms with Crippen molar-refractivity contribution < 1.29 is 4.74 Å². The molecule has 0 radical (unpaired) electrons. The van der Waals surface area contributed by atoms with Crippen molar-refractivity contribution in [1.29, 1.82) is 0 Å². The van der Waals surface area contributed by atoms with Crippen LogP contribution in [-0.4, -0.2) is 19.3 Å². The topological polar surface area (TPSA) is 35.2 Å². The van der Waals surface area contributed by atoms with E-state index >= 15 is 0 Å². The molecule has 1 saturated heterocycles. The van der Waals surface area contributed by atoms with Crippen molar-refractivity contribution in [3.05, 3.63) is 34.9 Å². The molecule has 19 heavy (non-hydrogen) atoms. The smallest absolute Gasteiger partial charge is 0.0576 e. The van der Waals surface area contributed by atoms with Gasteiger partial charge in [-0.15, -0.1) is 0 Å². The van der Waals surface area contributed by atoms with Gasteiger partial charge in [0.05, 0.1) is 6.10 Å². The molecule has 0 amide bonds. The summed E-state index contributed by atoms with van der Waals surface area (Å²) in [5.74, 6) is 0.529. The van der Waals surface area contributed by atoms with Crippen molar-refractivity contribution in [3.8, 4) is 0 Å². The van der Waals surface area contributed by atoms with Crippen molar-refractivity contribution in [2.75, 3.05) is 13.2 Å². The molecule has 3 heteroatoms. The molecule has 2 N–H and O–H groups in total. The third-order valence-electron chi connectivity index (χ3n) is 3.96. The Kier molecular flexibility index (Phi) is 6.15. The van der Waals surface area contributed by atoms with Gasteiger partial charge in [0.25, 0.3) is 0 Å². The minimum Gasteiger partial charge on any atom is -0.378 e. The molecule has 2 nitrogen and oxygen atoms in total. The van der Waals surface area contributed by atoms with E-state index in [-0.39, 0.29) is 0 Å². The lowest BCUT2D eigenvalue weighted by atomic mass is 9.93. The summed E-state index contributed by atoms with van der Waals surface area (Å²) in [5, 5.41) is 0.861. The predicted octanol–water partition coefficient (Wildman–Crippen LogP) is 3.81. The van der Waals surface area contributed by atoms with E-state index in [0.29, 0.717) is 12.0 Å². The zero-order valence-corrected chi connectivity index (χ0v) is 12.2. The van der Waals surface area contributed by atoms with E-state index in [2.05, 4.69) is 6.07 Å². The van der Waals surface area contributed by atoms with Crippen LogP contribution in [0, 0.1) is 5.92 Å². The first kappa shape index (κ1) is 14.8. The molecular formula is C16H24ClNO. The van der Waals surface area contributed by atoms with Crippen molar-refractivity contribution in [2.24, 2.45) is 11.7 Å². The first-order chi connectivity index (χ1) is 9.29. The third-order valence-corrected chi connectivity index (χ3v) is 4.33. The second-order valence-corrected chi connectivity index (χ2v) is 5.87. The van der Waals surface area contributed by atoms with Gasteiger partial charge >= 0.3 is 0 Å². The van der Waals surface area contributed by atoms with Gasteiger partial charge in [-0.2, -0.15) is 0 Å². The second-order valence-electron chi connectivity index (χ2n) is 5.46. The van der Waals surface area contributed by atoms with Crippen LogP contribution in [0.15, 0.2) is 24.3 Å². The van der Waals surface area contributed by atoms with E-state index in [9.17, 15) is 0 Å². The lowest BCUT2D eigenvalue weighted by molar-refractivity contribution is 0.101. The Morgan fingerprint density at radius 3 is 2.89 bits per heavy atom. The minimum atomic E-state index is 0.499. The Bertz CT molecular complexity index is 377. The number of hydrogen-bond donors (Lipinski definition) is 1. The summed E-state index contributed by atoms with van der Waals surface area (Å²) in [6.45, 7) is 1.68. The zero-order valence-electron chi connectivity index (χ0n) is 11.5. The maximum Gasteiger partial charge on any atom is 0.0576 e. The molecule has 1 heterocycles. The number of ether oxygens (including phenoxy) is 1. The summed E-state index contributed by atoms with van der Waals surface area (Å²) >= 11 is 6.20. The standard InChI is InChI=1S/C16H24ClNO/c17-16-9-2-1-6-14(16)11-13(12-18)5-3-7-15-8-4-10-19-15/h1-2,6,9,13,15H,3-5,7-8,10-12,18H2. The lowest BCUT2D eigenvalue weighted by Gasteiger charge is -2.16. The van der Waals surface area contributed by atoms with Crippen LogP contribution in [0.4, 0.5) is 0 Å². The summed E-state index contributed by atoms with van der Waals surface area (Å²) in [5.41, 5.74) is 7.11. The average Bonchev–Trinajstić information content (AvgIpc) is 2.93. The van der Waals surface area contributed by atoms with Crippen molar-refractivity contribution >= 4 is 11.6 Å². The van der Waals surface area contributed by atoms with Crippen molar-refractivity contribution in [3.63, 3.8) is 0 Å². The number of hydrogen-bond acceptors (Lipinski definition) is 2. The second kappa shape index (κ2) is 7.88. The Hall–Kier alpha value is -0.570. The fraction of sp³-hybridized carbons (Fsp3) is 0.625. The van der Waals surface area contributed by atoms with Gasteiger partial charge in [-0.3, -0.25) is 0 Å². The number of nitrogens with two attached hydrogens (primary N) is 1. The molecule has 1 aliphatic rings. The van der Waals surface area contributed by atoms with Gasteiger partial charge in [0.2, 0.25) is 0 Å². The van der Waals surface area contributed by atoms with E-state index in [0.717, 1.165) is 24.6 Å². The molecule has 0 aromatic heterocycles. The monoisotopic (exact) mass is 281 g/mol. The first-order valence-corrected chi connectivity index (χ1v) is 7.72. The molecule has 1 aliphatic heterocycles. The third kappa shape index (κ3) is 4.79. The van der Waals surface area contributed by atoms with Crippen LogP contribution in [-0.2, 0) is 11.2 Å². The lowest BCUT2D eigenvalue weighted by Crippen LogP contribution is -2.18. The molecule has 2 atom stereocenters. The predicted molar refractivity (Wildman–Crippen MR) is 80.5 cm³/mol. The van der Waals surface area contributed by atoms with Crippen LogP contribution in [0.1, 0.15) is 37.7 Å². The normalized spacial score (nSPS) is 20.6. The first-order valence-electron chi connectivity index (χ1n) is 7.34. The SMILES string of the molecule is NCC(CCCC1CCCO1)Cc1ccccc1Cl. The molecule has 2 rings (SSSR count). The highest BCUT2D eigenvalue weighted by Crippen LogP contribution is 2.23. The number of rotatable bonds is 7. The summed E-state index contributed by atoms with van der Waals surface area (Å²) in [6.07, 6.45) is 7.50. The van der Waals surface area contributed by atoms with Gasteiger partial charge in [-0.25, -0.2) is 0 Å². The van der Waals surface area contributed by atoms with E-state index in [1.54, 1.807) is 0 Å². The fourth-order valence-electron chi connectivity index (χ4n) is 2.78. The Labute approximate surface area is 121 Å². The van der Waals surface area contributed by atoms with E-state index < -0.39 is 0 Å². The van der Waals surface area contributed by atoms with Crippen LogP contribution >= 0.6 is 11.6 Å². The van der Waals surface area contributed by atoms with E-state index in [4.69, 9.17) is 22.1 Å². The highest BCUT2D eigenvalue weighted by molar-refractivity contribution is 6.31. The maximum absolute atomic E-state index is 6.20. The summed E-state index contributed by atoms with van der Waals surface area (Å²) in [4.78, 5) is 0. The summed E-state index contributed by atoms with van der Waals surface area (Å²) in [6, 6.07) is 8.07. The Morgan fingerprint density at radius 2 is 2.21 bits per heavy atom. The molecule has 1 aromatic rings. The fourth-order valence-corrected chi connectivity index (χ4v) is 3.00. The van der Waals surface area contributed by atoms with E-state index in [1.807, 2.05) is 18.2 Å². The highest BCUT2D eigenvalue weighted by Gasteiger charge is 2.16. The highest BCUT2D eigenvalue weighted by atomic mass is 35.5. The molecule has 1 fully saturated rings. The quantitative estimate of drug-likeness (QED) is 0.825. The van der Waals surface area contributed by atoms with Crippen LogP contribution < -0.4 is 5.73 Å². The Morgan fingerprint density at radius 1 is 1.37 bits per heavy atom. The molecule has 0 aliphatic carbocycles. The average molecular weight is 282 g/mol. The summed E-state index contributed by atoms with van der Waals surface area (Å²) in [7, 11) is 0. The van der Waals surface area contributed by atoms with Crippen molar-refractivity contribution in [2.45, 2.75) is 44.6 Å². The molecular weight excluding hydrogens is 258 g/mol. The van der Waals surface area contributed by atoms with Gasteiger partial charge in [-0.1, -0.05) is 36.2 Å². The van der Waals surface area contributed by atoms with Crippen molar-refractivity contribution in [1.82, 2.24) is 0 Å². The van der Waals surface area contributed by atoms with Gasteiger partial charge in [0.15, 0.2) is 0 Å². The molecule has 2 unspecified atom stereocenters. The minimum absolute atomic E-state index is 0.499. The summed E-state index contributed by atoms with van der Waals surface area (Å²) < 4.78 is 5.65. The van der Waals surface area contributed by atoms with Crippen LogP contribution in [0.5, 0.6) is 0 Å².